The maximum Gasteiger partial charge on any atom is 0.420 e. The minimum Gasteiger partial charge on any atom is -0.488 e. The fraction of sp³-hybridized carbons (Fsp3) is 0.500. The van der Waals surface area contributed by atoms with Gasteiger partial charge in [0.25, 0.3) is 6.47 Å². The minimum absolute atomic E-state index is 0.115. The zero-order valence-electron chi connectivity index (χ0n) is 17.9. The SMILES string of the molecule is CN(C)[C@H]1CCCC[C@@H]1Oc1cc(F)c(S(=O)(=O)Cc2nccs2)cc1C(F)(F)F.O=CO. The second kappa shape index (κ2) is 11.3. The first-order valence-corrected chi connectivity index (χ1v) is 12.4. The van der Waals surface area contributed by atoms with Gasteiger partial charge in [-0.25, -0.2) is 17.8 Å². The van der Waals surface area contributed by atoms with Crippen LogP contribution in [-0.4, -0.2) is 56.1 Å². The summed E-state index contributed by atoms with van der Waals surface area (Å²) < 4.78 is 86.6. The number of hydrogen-bond acceptors (Lipinski definition) is 7. The summed E-state index contributed by atoms with van der Waals surface area (Å²) in [6, 6.07) is 0.760. The van der Waals surface area contributed by atoms with Gasteiger partial charge in [-0.15, -0.1) is 11.3 Å². The number of thiazole rings is 1. The molecule has 1 N–H and O–H groups in total. The highest BCUT2D eigenvalue weighted by atomic mass is 32.2. The fourth-order valence-corrected chi connectivity index (χ4v) is 5.97. The van der Waals surface area contributed by atoms with Crippen LogP contribution in [0, 0.1) is 5.82 Å². The summed E-state index contributed by atoms with van der Waals surface area (Å²) in [6.07, 6.45) is -1.08. The topological polar surface area (TPSA) is 96.8 Å². The average Bonchev–Trinajstić information content (AvgIpc) is 3.20. The van der Waals surface area contributed by atoms with Gasteiger partial charge in [-0.2, -0.15) is 13.2 Å². The Morgan fingerprint density at radius 2 is 1.91 bits per heavy atom. The molecule has 3 rings (SSSR count). The van der Waals surface area contributed by atoms with Crippen molar-refractivity contribution < 1.29 is 40.6 Å². The summed E-state index contributed by atoms with van der Waals surface area (Å²) in [5, 5.41) is 8.59. The highest BCUT2D eigenvalue weighted by Gasteiger charge is 2.39. The van der Waals surface area contributed by atoms with E-state index in [0.29, 0.717) is 18.6 Å². The van der Waals surface area contributed by atoms with Crippen molar-refractivity contribution in [2.45, 2.75) is 54.7 Å². The Bertz CT molecular complexity index is 1030. The number of rotatable bonds is 6. The smallest absolute Gasteiger partial charge is 0.420 e. The Morgan fingerprint density at radius 1 is 1.27 bits per heavy atom. The van der Waals surface area contributed by atoms with Crippen molar-refractivity contribution in [3.05, 3.63) is 40.1 Å². The van der Waals surface area contributed by atoms with E-state index in [1.54, 1.807) is 0 Å². The van der Waals surface area contributed by atoms with Crippen molar-refractivity contribution in [2.24, 2.45) is 0 Å². The molecule has 0 saturated heterocycles. The van der Waals surface area contributed by atoms with Crippen LogP contribution in [0.1, 0.15) is 36.3 Å². The van der Waals surface area contributed by atoms with Crippen LogP contribution in [0.2, 0.25) is 0 Å². The van der Waals surface area contributed by atoms with E-state index in [9.17, 15) is 26.0 Å². The quantitative estimate of drug-likeness (QED) is 0.457. The molecule has 1 aliphatic rings. The van der Waals surface area contributed by atoms with Gasteiger partial charge in [0.2, 0.25) is 0 Å². The van der Waals surface area contributed by atoms with E-state index in [-0.39, 0.29) is 17.5 Å². The molecule has 7 nitrogen and oxygen atoms in total. The first kappa shape index (κ1) is 27.0. The van der Waals surface area contributed by atoms with Crippen LogP contribution >= 0.6 is 11.3 Å². The molecule has 1 fully saturated rings. The zero-order valence-corrected chi connectivity index (χ0v) is 19.5. The number of benzene rings is 1. The lowest BCUT2D eigenvalue weighted by atomic mass is 9.91. The number of likely N-dealkylation sites (N-methyl/N-ethyl adjacent to an activating group) is 1. The van der Waals surface area contributed by atoms with E-state index >= 15 is 0 Å². The molecular weight excluding hydrogens is 488 g/mol. The van der Waals surface area contributed by atoms with E-state index in [1.165, 1.54) is 11.6 Å². The van der Waals surface area contributed by atoms with Crippen molar-refractivity contribution in [3.8, 4) is 5.75 Å². The minimum atomic E-state index is -4.91. The summed E-state index contributed by atoms with van der Waals surface area (Å²) in [6.45, 7) is -0.250. The van der Waals surface area contributed by atoms with E-state index in [2.05, 4.69) is 4.98 Å². The molecule has 33 heavy (non-hydrogen) atoms. The first-order valence-electron chi connectivity index (χ1n) is 9.83. The van der Waals surface area contributed by atoms with Crippen molar-refractivity contribution in [3.63, 3.8) is 0 Å². The Labute approximate surface area is 192 Å². The number of sulfone groups is 1. The third-order valence-corrected chi connectivity index (χ3v) is 7.68. The average molecular weight is 513 g/mol. The molecule has 0 unspecified atom stereocenters. The predicted molar refractivity (Wildman–Crippen MR) is 113 cm³/mol. The molecule has 2 aromatic rings. The number of hydrogen-bond donors (Lipinski definition) is 1. The molecule has 0 aliphatic heterocycles. The summed E-state index contributed by atoms with van der Waals surface area (Å²) in [5.41, 5.74) is -1.30. The van der Waals surface area contributed by atoms with Crippen LogP contribution in [0.4, 0.5) is 17.6 Å². The standard InChI is InChI=1S/C19H22F4N2O3S2.CH2O2/c1-25(2)14-5-3-4-6-15(14)28-16-10-13(20)17(9-12(16)19(21,22)23)30(26,27)11-18-24-7-8-29-18;2-1-3/h7-10,14-15H,3-6,11H2,1-2H3;1H,(H,2,3)/t14-,15-;/m0./s1. The van der Waals surface area contributed by atoms with Gasteiger partial charge in [-0.05, 0) is 39.4 Å². The number of alkyl halides is 3. The maximum atomic E-state index is 14.7. The van der Waals surface area contributed by atoms with Gasteiger partial charge in [0.1, 0.15) is 33.3 Å². The molecule has 1 aliphatic carbocycles. The molecule has 184 valence electrons. The summed E-state index contributed by atoms with van der Waals surface area (Å²) in [4.78, 5) is 13.0. The molecule has 2 atom stereocenters. The van der Waals surface area contributed by atoms with E-state index in [4.69, 9.17) is 14.6 Å². The predicted octanol–water partition coefficient (Wildman–Crippen LogP) is 4.23. The van der Waals surface area contributed by atoms with Gasteiger partial charge < -0.3 is 14.7 Å². The van der Waals surface area contributed by atoms with Crippen molar-refractivity contribution >= 4 is 27.6 Å². The van der Waals surface area contributed by atoms with Crippen LogP contribution in [0.15, 0.2) is 28.6 Å². The van der Waals surface area contributed by atoms with E-state index in [0.717, 1.165) is 30.6 Å². The number of nitrogens with zero attached hydrogens (tertiary/aromatic N) is 2. The summed E-state index contributed by atoms with van der Waals surface area (Å²) in [7, 11) is -0.739. The van der Waals surface area contributed by atoms with Crippen molar-refractivity contribution in [1.82, 2.24) is 9.88 Å². The largest absolute Gasteiger partial charge is 0.488 e. The van der Waals surface area contributed by atoms with Gasteiger partial charge in [0, 0.05) is 23.7 Å². The number of aromatic nitrogens is 1. The molecule has 1 heterocycles. The third kappa shape index (κ3) is 7.11. The lowest BCUT2D eigenvalue weighted by Crippen LogP contribution is -2.44. The summed E-state index contributed by atoms with van der Waals surface area (Å²) >= 11 is 1.03. The van der Waals surface area contributed by atoms with Gasteiger partial charge in [0.15, 0.2) is 9.84 Å². The van der Waals surface area contributed by atoms with Crippen LogP contribution in [0.25, 0.3) is 0 Å². The molecule has 1 aromatic carbocycles. The Morgan fingerprint density at radius 3 is 2.45 bits per heavy atom. The maximum absolute atomic E-state index is 14.7. The molecule has 1 saturated carbocycles. The van der Waals surface area contributed by atoms with Crippen molar-refractivity contribution in [2.75, 3.05) is 14.1 Å². The van der Waals surface area contributed by atoms with Gasteiger partial charge >= 0.3 is 6.18 Å². The lowest BCUT2D eigenvalue weighted by Gasteiger charge is -2.36. The Hall–Kier alpha value is -2.25. The molecule has 0 bridgehead atoms. The van der Waals surface area contributed by atoms with Crippen LogP contribution in [0.5, 0.6) is 5.75 Å². The third-order valence-electron chi connectivity index (χ3n) is 5.08. The zero-order chi connectivity index (χ0) is 24.8. The Balaban J connectivity index is 0.00000122. The second-order valence-corrected chi connectivity index (χ2v) is 10.5. The molecule has 13 heteroatoms. The van der Waals surface area contributed by atoms with Gasteiger partial charge in [-0.1, -0.05) is 6.42 Å². The summed E-state index contributed by atoms with van der Waals surface area (Å²) in [5.74, 6) is -2.64. The number of ether oxygens (including phenoxy) is 1. The van der Waals surface area contributed by atoms with E-state index in [1.807, 2.05) is 19.0 Å². The van der Waals surface area contributed by atoms with Crippen molar-refractivity contribution in [1.29, 1.82) is 0 Å². The van der Waals surface area contributed by atoms with E-state index < -0.39 is 49.9 Å². The molecule has 0 spiro atoms. The number of carbonyl (C=O) groups is 1. The van der Waals surface area contributed by atoms with Gasteiger partial charge in [-0.3, -0.25) is 4.79 Å². The number of carboxylic acid groups (broad SMARTS) is 1. The molecule has 1 aromatic heterocycles. The van der Waals surface area contributed by atoms with Crippen LogP contribution in [0.3, 0.4) is 0 Å². The normalized spacial score (nSPS) is 19.0. The monoisotopic (exact) mass is 512 g/mol. The number of halogens is 4. The van der Waals surface area contributed by atoms with Crippen LogP contribution in [-0.2, 0) is 26.6 Å². The first-order chi connectivity index (χ1) is 15.4. The second-order valence-electron chi connectivity index (χ2n) is 7.54. The highest BCUT2D eigenvalue weighted by molar-refractivity contribution is 7.90. The fourth-order valence-electron chi connectivity index (χ4n) is 3.63. The van der Waals surface area contributed by atoms with Crippen LogP contribution < -0.4 is 4.74 Å². The van der Waals surface area contributed by atoms with Gasteiger partial charge in [0.05, 0.1) is 5.56 Å². The molecular formula is C20H24F4N2O5S2. The molecule has 0 amide bonds. The highest BCUT2D eigenvalue weighted by Crippen LogP contribution is 2.40. The Kier molecular flexibility index (Phi) is 9.20. The lowest BCUT2D eigenvalue weighted by molar-refractivity contribution is -0.139. The molecule has 0 radical (unpaired) electrons.